The van der Waals surface area contributed by atoms with Crippen LogP contribution in [0.15, 0.2) is 152 Å². The molecule has 0 fully saturated rings. The van der Waals surface area contributed by atoms with Gasteiger partial charge in [-0.05, 0) is 84.6 Å². The van der Waals surface area contributed by atoms with E-state index in [9.17, 15) is 0 Å². The van der Waals surface area contributed by atoms with E-state index in [1.807, 2.05) is 18.2 Å². The summed E-state index contributed by atoms with van der Waals surface area (Å²) in [5.41, 5.74) is 15.7. The Labute approximate surface area is 304 Å². The molecule has 0 bridgehead atoms. The van der Waals surface area contributed by atoms with Crippen LogP contribution >= 0.6 is 0 Å². The molecule has 10 rings (SSSR count). The third-order valence-electron chi connectivity index (χ3n) is 11.5. The smallest absolute Gasteiger partial charge is 0.164 e. The third-order valence-corrected chi connectivity index (χ3v) is 11.5. The molecule has 3 heteroatoms. The van der Waals surface area contributed by atoms with Crippen LogP contribution in [-0.2, 0) is 10.8 Å². The first-order valence-corrected chi connectivity index (χ1v) is 18.1. The number of fused-ring (bicyclic) bond motifs is 8. The van der Waals surface area contributed by atoms with Gasteiger partial charge in [-0.3, -0.25) is 0 Å². The maximum absolute atomic E-state index is 5.17. The van der Waals surface area contributed by atoms with Crippen LogP contribution in [0, 0.1) is 0 Å². The van der Waals surface area contributed by atoms with Crippen LogP contribution in [0.1, 0.15) is 49.9 Å². The van der Waals surface area contributed by atoms with E-state index in [-0.39, 0.29) is 10.8 Å². The lowest BCUT2D eigenvalue weighted by atomic mass is 9.82. The van der Waals surface area contributed by atoms with E-state index in [1.54, 1.807) is 0 Å². The summed E-state index contributed by atoms with van der Waals surface area (Å²) in [5.74, 6) is 1.99. The Hall–Kier alpha value is -6.19. The van der Waals surface area contributed by atoms with Gasteiger partial charge in [0.2, 0.25) is 0 Å². The maximum atomic E-state index is 5.17. The molecule has 3 nitrogen and oxygen atoms in total. The van der Waals surface area contributed by atoms with Crippen molar-refractivity contribution in [1.82, 2.24) is 15.0 Å². The molecule has 0 spiro atoms. The maximum Gasteiger partial charge on any atom is 0.164 e. The highest BCUT2D eigenvalue weighted by Gasteiger charge is 2.37. The van der Waals surface area contributed by atoms with Crippen molar-refractivity contribution in [3.63, 3.8) is 0 Å². The molecule has 52 heavy (non-hydrogen) atoms. The van der Waals surface area contributed by atoms with Crippen molar-refractivity contribution in [2.45, 2.75) is 38.5 Å². The topological polar surface area (TPSA) is 38.7 Å². The molecule has 0 aliphatic heterocycles. The molecular weight excluding hydrogens is 631 g/mol. The Balaban J connectivity index is 1.10. The largest absolute Gasteiger partial charge is 0.208 e. The molecule has 1 aromatic heterocycles. The van der Waals surface area contributed by atoms with E-state index < -0.39 is 0 Å². The highest BCUT2D eigenvalue weighted by atomic mass is 15.0. The van der Waals surface area contributed by atoms with Crippen molar-refractivity contribution < 1.29 is 0 Å². The van der Waals surface area contributed by atoms with E-state index in [0.29, 0.717) is 17.5 Å². The van der Waals surface area contributed by atoms with Gasteiger partial charge in [-0.15, -0.1) is 0 Å². The molecule has 8 aromatic rings. The molecule has 2 aliphatic carbocycles. The van der Waals surface area contributed by atoms with Crippen molar-refractivity contribution in [2.75, 3.05) is 0 Å². The van der Waals surface area contributed by atoms with Gasteiger partial charge in [-0.2, -0.15) is 0 Å². The van der Waals surface area contributed by atoms with E-state index in [0.717, 1.165) is 22.3 Å². The number of aromatic nitrogens is 3. The fourth-order valence-corrected chi connectivity index (χ4v) is 8.73. The minimum Gasteiger partial charge on any atom is -0.208 e. The predicted octanol–water partition coefficient (Wildman–Crippen LogP) is 12.3. The van der Waals surface area contributed by atoms with Crippen molar-refractivity contribution in [3.8, 4) is 67.5 Å². The first kappa shape index (κ1) is 30.6. The van der Waals surface area contributed by atoms with Crippen LogP contribution < -0.4 is 0 Å². The van der Waals surface area contributed by atoms with Crippen molar-refractivity contribution in [3.05, 3.63) is 174 Å². The van der Waals surface area contributed by atoms with Gasteiger partial charge in [0.25, 0.3) is 0 Å². The average Bonchev–Trinajstić information content (AvgIpc) is 3.57. The number of hydrogen-bond donors (Lipinski definition) is 0. The van der Waals surface area contributed by atoms with Crippen molar-refractivity contribution in [2.24, 2.45) is 0 Å². The summed E-state index contributed by atoms with van der Waals surface area (Å²) in [6, 6.07) is 54.6. The first-order valence-electron chi connectivity index (χ1n) is 18.1. The normalized spacial score (nSPS) is 14.5. The van der Waals surface area contributed by atoms with E-state index in [2.05, 4.69) is 161 Å². The average molecular weight is 668 g/mol. The monoisotopic (exact) mass is 667 g/mol. The Morgan fingerprint density at radius 1 is 0.346 bits per heavy atom. The Bertz CT molecular complexity index is 2740. The summed E-state index contributed by atoms with van der Waals surface area (Å²) in [6.45, 7) is 9.29. The Kier molecular flexibility index (Phi) is 6.57. The summed E-state index contributed by atoms with van der Waals surface area (Å²) in [7, 11) is 0. The second-order valence-corrected chi connectivity index (χ2v) is 15.3. The molecule has 0 N–H and O–H groups in total. The van der Waals surface area contributed by atoms with Gasteiger partial charge in [0.05, 0.1) is 0 Å². The third kappa shape index (κ3) is 4.55. The fraction of sp³-hybridized carbons (Fsp3) is 0.122. The number of rotatable bonds is 4. The molecular formula is C49H37N3. The molecule has 7 aromatic carbocycles. The molecule has 0 saturated heterocycles. The standard InChI is InChI=1S/C49H37N3/c1-48(2)41-20-11-9-18-38(41)44-39-28-33(22-21-30(39)24-26-42(44)48)32-15-12-16-34(27-32)46-50-45(31-13-6-5-7-14-31)51-47(52-46)35-23-25-37-36-17-8-10-19-40(36)49(3,4)43(37)29-35/h5-29H,1-4H3. The fourth-order valence-electron chi connectivity index (χ4n) is 8.73. The highest BCUT2D eigenvalue weighted by Crippen LogP contribution is 2.52. The van der Waals surface area contributed by atoms with E-state index >= 15 is 0 Å². The van der Waals surface area contributed by atoms with Crippen LogP contribution in [0.3, 0.4) is 0 Å². The SMILES string of the molecule is CC1(C)c2ccccc2-c2ccc(-c3nc(-c4ccccc4)nc(-c4cccc(-c5ccc6ccc7c(c6c5)-c5ccccc5C7(C)C)c4)n3)cc21. The lowest BCUT2D eigenvalue weighted by molar-refractivity contribution is 0.660. The summed E-state index contributed by atoms with van der Waals surface area (Å²) < 4.78 is 0. The zero-order valence-corrected chi connectivity index (χ0v) is 29.8. The lowest BCUT2D eigenvalue weighted by Crippen LogP contribution is -2.15. The molecule has 0 atom stereocenters. The van der Waals surface area contributed by atoms with E-state index in [4.69, 9.17) is 15.0 Å². The summed E-state index contributed by atoms with van der Waals surface area (Å²) in [5, 5.41) is 2.54. The number of benzene rings is 7. The van der Waals surface area contributed by atoms with Gasteiger partial charge in [-0.25, -0.2) is 15.0 Å². The second kappa shape index (κ2) is 11.2. The number of hydrogen-bond acceptors (Lipinski definition) is 3. The Morgan fingerprint density at radius 3 is 1.63 bits per heavy atom. The van der Waals surface area contributed by atoms with Crippen LogP contribution in [0.4, 0.5) is 0 Å². The zero-order chi connectivity index (χ0) is 35.2. The number of nitrogens with zero attached hydrogens (tertiary/aromatic N) is 3. The predicted molar refractivity (Wildman–Crippen MR) is 214 cm³/mol. The van der Waals surface area contributed by atoms with E-state index in [1.165, 1.54) is 60.8 Å². The molecule has 0 saturated carbocycles. The molecule has 0 amide bonds. The van der Waals surface area contributed by atoms with Gasteiger partial charge in [0, 0.05) is 27.5 Å². The van der Waals surface area contributed by atoms with Crippen molar-refractivity contribution in [1.29, 1.82) is 0 Å². The van der Waals surface area contributed by atoms with Gasteiger partial charge in [-0.1, -0.05) is 161 Å². The second-order valence-electron chi connectivity index (χ2n) is 15.3. The summed E-state index contributed by atoms with van der Waals surface area (Å²) in [4.78, 5) is 15.3. The van der Waals surface area contributed by atoms with Gasteiger partial charge in [0.15, 0.2) is 17.5 Å². The highest BCUT2D eigenvalue weighted by molar-refractivity contribution is 6.04. The summed E-state index contributed by atoms with van der Waals surface area (Å²) >= 11 is 0. The molecule has 1 heterocycles. The molecule has 2 aliphatic rings. The zero-order valence-electron chi connectivity index (χ0n) is 29.8. The van der Waals surface area contributed by atoms with Gasteiger partial charge in [0.1, 0.15) is 0 Å². The minimum atomic E-state index is -0.119. The Morgan fingerprint density at radius 2 is 0.865 bits per heavy atom. The van der Waals surface area contributed by atoms with Crippen molar-refractivity contribution >= 4 is 10.8 Å². The van der Waals surface area contributed by atoms with Crippen LogP contribution in [-0.4, -0.2) is 15.0 Å². The molecule has 0 radical (unpaired) electrons. The summed E-state index contributed by atoms with van der Waals surface area (Å²) in [6.07, 6.45) is 0. The van der Waals surface area contributed by atoms with Crippen LogP contribution in [0.5, 0.6) is 0 Å². The molecule has 0 unspecified atom stereocenters. The van der Waals surface area contributed by atoms with Crippen LogP contribution in [0.2, 0.25) is 0 Å². The van der Waals surface area contributed by atoms with Gasteiger partial charge >= 0.3 is 0 Å². The lowest BCUT2D eigenvalue weighted by Gasteiger charge is -2.21. The quantitative estimate of drug-likeness (QED) is 0.187. The van der Waals surface area contributed by atoms with Gasteiger partial charge < -0.3 is 0 Å². The minimum absolute atomic E-state index is 0.0402. The van der Waals surface area contributed by atoms with Crippen LogP contribution in [0.25, 0.3) is 78.3 Å². The first-order chi connectivity index (χ1) is 25.3. The molecule has 248 valence electrons.